The van der Waals surface area contributed by atoms with Crippen LogP contribution in [0.25, 0.3) is 0 Å². The second kappa shape index (κ2) is 7.99. The van der Waals surface area contributed by atoms with E-state index in [1.807, 2.05) is 24.3 Å². The molecule has 26 heavy (non-hydrogen) atoms. The lowest BCUT2D eigenvalue weighted by molar-refractivity contribution is -0.154. The molecule has 0 saturated heterocycles. The molecule has 0 spiro atoms. The number of esters is 1. The monoisotopic (exact) mass is 357 g/mol. The number of aryl methyl sites for hydroxylation is 1. The first-order valence-electron chi connectivity index (χ1n) is 8.52. The van der Waals surface area contributed by atoms with Crippen molar-refractivity contribution >= 4 is 17.6 Å². The zero-order valence-corrected chi connectivity index (χ0v) is 14.5. The fourth-order valence-corrected chi connectivity index (χ4v) is 2.89. The molecule has 3 rings (SSSR count). The quantitative estimate of drug-likeness (QED) is 0.772. The first kappa shape index (κ1) is 17.9. The van der Waals surface area contributed by atoms with E-state index in [4.69, 9.17) is 9.47 Å². The number of carbonyl (C=O) groups is 2. The van der Waals surface area contributed by atoms with Crippen molar-refractivity contribution in [1.82, 2.24) is 0 Å². The number of hydrogen-bond donors (Lipinski definition) is 0. The molecule has 2 aromatic rings. The van der Waals surface area contributed by atoms with Crippen LogP contribution in [-0.2, 0) is 20.7 Å². The first-order valence-corrected chi connectivity index (χ1v) is 8.52. The molecule has 0 N–H and O–H groups in total. The lowest BCUT2D eigenvalue weighted by atomic mass is 10.0. The Hall–Kier alpha value is -2.89. The highest BCUT2D eigenvalue weighted by atomic mass is 19.1. The van der Waals surface area contributed by atoms with Crippen LogP contribution in [-0.4, -0.2) is 31.1 Å². The van der Waals surface area contributed by atoms with Gasteiger partial charge < -0.3 is 14.4 Å². The van der Waals surface area contributed by atoms with Gasteiger partial charge in [-0.25, -0.2) is 9.18 Å². The number of nitrogens with zero attached hydrogens (tertiary/aromatic N) is 1. The summed E-state index contributed by atoms with van der Waals surface area (Å²) in [5.41, 5.74) is 1.99. The zero-order valence-electron chi connectivity index (χ0n) is 14.5. The summed E-state index contributed by atoms with van der Waals surface area (Å²) in [4.78, 5) is 26.2. The molecule has 0 radical (unpaired) electrons. The Morgan fingerprint density at radius 2 is 1.88 bits per heavy atom. The zero-order chi connectivity index (χ0) is 18.5. The van der Waals surface area contributed by atoms with Crippen LogP contribution in [0.15, 0.2) is 48.5 Å². The van der Waals surface area contributed by atoms with E-state index in [2.05, 4.69) is 0 Å². The third-order valence-electron chi connectivity index (χ3n) is 4.21. The molecule has 1 atom stereocenters. The maximum atomic E-state index is 12.9. The summed E-state index contributed by atoms with van der Waals surface area (Å²) in [6.45, 7) is 1.78. The molecule has 0 aromatic heterocycles. The molecule has 1 aliphatic heterocycles. The number of para-hydroxylation sites is 1. The number of ether oxygens (including phenoxy) is 2. The second-order valence-corrected chi connectivity index (χ2v) is 6.10. The summed E-state index contributed by atoms with van der Waals surface area (Å²) in [5.74, 6) is -0.945. The molecule has 0 bridgehead atoms. The SMILES string of the molecule is C[C@@H](Oc1ccc(F)cc1)C(=O)OCC(=O)N1CCCc2ccccc21. The smallest absolute Gasteiger partial charge is 0.347 e. The molecule has 1 amide bonds. The molecular weight excluding hydrogens is 337 g/mol. The van der Waals surface area contributed by atoms with Crippen LogP contribution in [0, 0.1) is 5.82 Å². The summed E-state index contributed by atoms with van der Waals surface area (Å²) in [6, 6.07) is 13.1. The van der Waals surface area contributed by atoms with E-state index < -0.39 is 12.1 Å². The van der Waals surface area contributed by atoms with Crippen molar-refractivity contribution < 1.29 is 23.5 Å². The predicted molar refractivity (Wildman–Crippen MR) is 94.6 cm³/mol. The molecule has 0 fully saturated rings. The highest BCUT2D eigenvalue weighted by molar-refractivity contribution is 5.96. The van der Waals surface area contributed by atoms with E-state index in [9.17, 15) is 14.0 Å². The van der Waals surface area contributed by atoms with Crippen LogP contribution in [0.5, 0.6) is 5.75 Å². The molecule has 5 nitrogen and oxygen atoms in total. The van der Waals surface area contributed by atoms with Crippen molar-refractivity contribution in [2.75, 3.05) is 18.1 Å². The number of halogens is 1. The fourth-order valence-electron chi connectivity index (χ4n) is 2.89. The van der Waals surface area contributed by atoms with E-state index in [-0.39, 0.29) is 18.3 Å². The number of hydrogen-bond acceptors (Lipinski definition) is 4. The van der Waals surface area contributed by atoms with Crippen LogP contribution >= 0.6 is 0 Å². The lowest BCUT2D eigenvalue weighted by Crippen LogP contribution is -2.39. The lowest BCUT2D eigenvalue weighted by Gasteiger charge is -2.29. The Morgan fingerprint density at radius 3 is 2.65 bits per heavy atom. The average molecular weight is 357 g/mol. The topological polar surface area (TPSA) is 55.8 Å². The minimum atomic E-state index is -0.901. The summed E-state index contributed by atoms with van der Waals surface area (Å²) in [6.07, 6.45) is 0.908. The Bertz CT molecular complexity index is 791. The number of rotatable bonds is 5. The van der Waals surface area contributed by atoms with Crippen LogP contribution in [0.3, 0.4) is 0 Å². The Morgan fingerprint density at radius 1 is 1.15 bits per heavy atom. The van der Waals surface area contributed by atoms with Gasteiger partial charge in [-0.1, -0.05) is 18.2 Å². The van der Waals surface area contributed by atoms with Crippen molar-refractivity contribution in [3.8, 4) is 5.75 Å². The van der Waals surface area contributed by atoms with Crippen LogP contribution < -0.4 is 9.64 Å². The van der Waals surface area contributed by atoms with Gasteiger partial charge in [0.1, 0.15) is 11.6 Å². The van der Waals surface area contributed by atoms with Gasteiger partial charge >= 0.3 is 5.97 Å². The number of amides is 1. The normalized spacial score (nSPS) is 14.3. The molecular formula is C20H20FNO4. The third kappa shape index (κ3) is 4.20. The van der Waals surface area contributed by atoms with E-state index in [1.165, 1.54) is 31.2 Å². The number of carbonyl (C=O) groups excluding carboxylic acids is 2. The Kier molecular flexibility index (Phi) is 5.51. The van der Waals surface area contributed by atoms with E-state index in [1.54, 1.807) is 4.90 Å². The molecule has 1 aliphatic rings. The average Bonchev–Trinajstić information content (AvgIpc) is 2.67. The summed E-state index contributed by atoms with van der Waals surface area (Å²) >= 11 is 0. The van der Waals surface area contributed by atoms with Crippen molar-refractivity contribution in [1.29, 1.82) is 0 Å². The molecule has 0 aliphatic carbocycles. The standard InChI is InChI=1S/C20H20FNO4/c1-14(26-17-10-8-16(21)9-11-17)20(24)25-13-19(23)22-12-4-6-15-5-2-3-7-18(15)22/h2-3,5,7-11,14H,4,6,12-13H2,1H3/t14-/m1/s1. The fraction of sp³-hybridized carbons (Fsp3) is 0.300. The van der Waals surface area contributed by atoms with Crippen molar-refractivity contribution in [3.05, 3.63) is 59.9 Å². The van der Waals surface area contributed by atoms with Gasteiger partial charge in [-0.2, -0.15) is 0 Å². The third-order valence-corrected chi connectivity index (χ3v) is 4.21. The van der Waals surface area contributed by atoms with Gasteiger partial charge in [-0.15, -0.1) is 0 Å². The first-order chi connectivity index (χ1) is 12.5. The highest BCUT2D eigenvalue weighted by Gasteiger charge is 2.24. The summed E-state index contributed by atoms with van der Waals surface area (Å²) in [7, 11) is 0. The maximum Gasteiger partial charge on any atom is 0.347 e. The number of anilines is 1. The molecule has 1 heterocycles. The number of fused-ring (bicyclic) bond motifs is 1. The van der Waals surface area contributed by atoms with Crippen molar-refractivity contribution in [3.63, 3.8) is 0 Å². The van der Waals surface area contributed by atoms with Gasteiger partial charge in [-0.05, 0) is 55.7 Å². The molecule has 6 heteroatoms. The molecule has 0 saturated carbocycles. The van der Waals surface area contributed by atoms with E-state index in [0.29, 0.717) is 12.3 Å². The largest absolute Gasteiger partial charge is 0.479 e. The van der Waals surface area contributed by atoms with Crippen molar-refractivity contribution in [2.45, 2.75) is 25.9 Å². The van der Waals surface area contributed by atoms with Gasteiger partial charge in [0.2, 0.25) is 0 Å². The van der Waals surface area contributed by atoms with Gasteiger partial charge in [0.05, 0.1) is 0 Å². The Balaban J connectivity index is 1.54. The van der Waals surface area contributed by atoms with Crippen LogP contribution in [0.4, 0.5) is 10.1 Å². The molecule has 0 unspecified atom stereocenters. The number of benzene rings is 2. The van der Waals surface area contributed by atoms with E-state index >= 15 is 0 Å². The minimum Gasteiger partial charge on any atom is -0.479 e. The molecule has 136 valence electrons. The Labute approximate surface area is 151 Å². The predicted octanol–water partition coefficient (Wildman–Crippen LogP) is 3.12. The van der Waals surface area contributed by atoms with Gasteiger partial charge in [0, 0.05) is 12.2 Å². The summed E-state index contributed by atoms with van der Waals surface area (Å²) < 4.78 is 23.4. The van der Waals surface area contributed by atoms with Crippen molar-refractivity contribution in [2.24, 2.45) is 0 Å². The maximum absolute atomic E-state index is 12.9. The van der Waals surface area contributed by atoms with Crippen LogP contribution in [0.1, 0.15) is 18.9 Å². The van der Waals surface area contributed by atoms with Gasteiger partial charge in [-0.3, -0.25) is 4.79 Å². The van der Waals surface area contributed by atoms with Crippen LogP contribution in [0.2, 0.25) is 0 Å². The van der Waals surface area contributed by atoms with Gasteiger partial charge in [0.25, 0.3) is 5.91 Å². The van der Waals surface area contributed by atoms with E-state index in [0.717, 1.165) is 24.1 Å². The minimum absolute atomic E-state index is 0.264. The highest BCUT2D eigenvalue weighted by Crippen LogP contribution is 2.26. The second-order valence-electron chi connectivity index (χ2n) is 6.10. The van der Waals surface area contributed by atoms with Gasteiger partial charge in [0.15, 0.2) is 12.7 Å². The molecule has 2 aromatic carbocycles. The summed E-state index contributed by atoms with van der Waals surface area (Å²) in [5, 5.41) is 0.